The Kier molecular flexibility index (Phi) is 6.49. The first-order valence-corrected chi connectivity index (χ1v) is 12.3. The summed E-state index contributed by atoms with van der Waals surface area (Å²) >= 11 is 3.29. The molecule has 6 heteroatoms. The van der Waals surface area contributed by atoms with Crippen LogP contribution in [-0.2, 0) is 12.0 Å². The van der Waals surface area contributed by atoms with Crippen molar-refractivity contribution in [3.05, 3.63) is 87.4 Å². The molecule has 0 spiro atoms. The molecule has 3 aromatic rings. The minimum absolute atomic E-state index is 0.0503. The molecule has 0 saturated carbocycles. The molecule has 1 aliphatic heterocycles. The summed E-state index contributed by atoms with van der Waals surface area (Å²) in [6, 6.07) is 18.3. The third kappa shape index (κ3) is 5.38. The van der Waals surface area contributed by atoms with Gasteiger partial charge in [0.1, 0.15) is 0 Å². The summed E-state index contributed by atoms with van der Waals surface area (Å²) in [5.41, 5.74) is 4.13. The number of carbonyl (C=O) groups is 1. The van der Waals surface area contributed by atoms with Crippen molar-refractivity contribution in [3.63, 3.8) is 0 Å². The molecule has 1 aromatic heterocycles. The van der Waals surface area contributed by atoms with Gasteiger partial charge in [-0.2, -0.15) is 0 Å². The Morgan fingerprint density at radius 2 is 1.87 bits per heavy atom. The molecule has 160 valence electrons. The lowest BCUT2D eigenvalue weighted by Crippen LogP contribution is -2.26. The van der Waals surface area contributed by atoms with Crippen molar-refractivity contribution in [2.75, 3.05) is 17.6 Å². The normalized spacial score (nSPS) is 15.5. The molecule has 1 aliphatic rings. The van der Waals surface area contributed by atoms with Crippen LogP contribution in [0.3, 0.4) is 0 Å². The first-order chi connectivity index (χ1) is 14.9. The monoisotopic (exact) mass is 449 g/mol. The Hall–Kier alpha value is -2.57. The van der Waals surface area contributed by atoms with Gasteiger partial charge in [-0.1, -0.05) is 63.2 Å². The van der Waals surface area contributed by atoms with Crippen LogP contribution in [0.15, 0.2) is 65.0 Å². The maximum Gasteiger partial charge on any atom is 0.258 e. The minimum atomic E-state index is 0.0503. The third-order valence-electron chi connectivity index (χ3n) is 5.15. The van der Waals surface area contributed by atoms with Gasteiger partial charge in [0.05, 0.1) is 10.7 Å². The van der Waals surface area contributed by atoms with Crippen LogP contribution in [-0.4, -0.2) is 28.1 Å². The third-order valence-corrected chi connectivity index (χ3v) is 6.99. The number of nitrogens with zero attached hydrogens (tertiary/aromatic N) is 2. The molecule has 0 bridgehead atoms. The predicted molar refractivity (Wildman–Crippen MR) is 132 cm³/mol. The summed E-state index contributed by atoms with van der Waals surface area (Å²) in [7, 11) is 0. The second-order valence-electron chi connectivity index (χ2n) is 8.53. The van der Waals surface area contributed by atoms with E-state index in [0.717, 1.165) is 40.3 Å². The maximum absolute atomic E-state index is 13.1. The van der Waals surface area contributed by atoms with Crippen LogP contribution in [0.4, 0.5) is 5.13 Å². The molecule has 0 unspecified atom stereocenters. The van der Waals surface area contributed by atoms with E-state index in [0.29, 0.717) is 0 Å². The number of aromatic nitrogens is 1. The lowest BCUT2D eigenvalue weighted by atomic mass is 9.86. The molecule has 1 fully saturated rings. The number of amides is 1. The van der Waals surface area contributed by atoms with Crippen molar-refractivity contribution in [2.24, 2.45) is 0 Å². The molecular weight excluding hydrogens is 422 g/mol. The summed E-state index contributed by atoms with van der Waals surface area (Å²) < 4.78 is 0. The quantitative estimate of drug-likeness (QED) is 0.501. The van der Waals surface area contributed by atoms with E-state index < -0.39 is 0 Å². The number of rotatable bonds is 5. The van der Waals surface area contributed by atoms with Gasteiger partial charge >= 0.3 is 0 Å². The average Bonchev–Trinajstić information content (AvgIpc) is 3.42. The number of benzene rings is 2. The molecule has 1 N–H and O–H groups in total. The van der Waals surface area contributed by atoms with E-state index in [9.17, 15) is 4.79 Å². The average molecular weight is 450 g/mol. The fraction of sp³-hybridized carbons (Fsp3) is 0.280. The molecule has 31 heavy (non-hydrogen) atoms. The van der Waals surface area contributed by atoms with Crippen LogP contribution in [0, 0.1) is 0 Å². The second kappa shape index (κ2) is 9.28. The van der Waals surface area contributed by atoms with Crippen LogP contribution in [0.5, 0.6) is 0 Å². The van der Waals surface area contributed by atoms with Crippen LogP contribution in [0.25, 0.3) is 6.08 Å². The zero-order chi connectivity index (χ0) is 21.8. The second-order valence-corrected chi connectivity index (χ2v) is 10.5. The largest absolute Gasteiger partial charge is 0.357 e. The zero-order valence-corrected chi connectivity index (χ0v) is 19.7. The van der Waals surface area contributed by atoms with Gasteiger partial charge in [-0.3, -0.25) is 4.79 Å². The number of thioether (sulfide) groups is 1. The number of nitrogens with one attached hydrogen (secondary N) is 1. The molecule has 2 aromatic carbocycles. The van der Waals surface area contributed by atoms with E-state index in [1.807, 2.05) is 46.7 Å². The smallest absolute Gasteiger partial charge is 0.258 e. The van der Waals surface area contributed by atoms with Gasteiger partial charge in [0, 0.05) is 29.8 Å². The molecule has 0 aliphatic carbocycles. The number of anilines is 1. The highest BCUT2D eigenvalue weighted by molar-refractivity contribution is 8.03. The fourth-order valence-electron chi connectivity index (χ4n) is 3.35. The van der Waals surface area contributed by atoms with Crippen molar-refractivity contribution >= 4 is 40.2 Å². The van der Waals surface area contributed by atoms with Gasteiger partial charge in [-0.25, -0.2) is 4.98 Å². The van der Waals surface area contributed by atoms with Gasteiger partial charge in [0.2, 0.25) is 0 Å². The highest BCUT2D eigenvalue weighted by Crippen LogP contribution is 2.32. The van der Waals surface area contributed by atoms with Gasteiger partial charge in [-0.15, -0.1) is 23.1 Å². The number of carbonyl (C=O) groups excluding carboxylic acids is 1. The van der Waals surface area contributed by atoms with Gasteiger partial charge < -0.3 is 10.2 Å². The molecule has 1 saturated heterocycles. The Balaban J connectivity index is 1.44. The first-order valence-electron chi connectivity index (χ1n) is 10.4. The fourth-order valence-corrected chi connectivity index (χ4v) is 5.04. The van der Waals surface area contributed by atoms with Crippen molar-refractivity contribution in [2.45, 2.75) is 32.7 Å². The molecule has 4 nitrogen and oxygen atoms in total. The Morgan fingerprint density at radius 3 is 2.58 bits per heavy atom. The number of thiazole rings is 1. The van der Waals surface area contributed by atoms with E-state index in [-0.39, 0.29) is 11.3 Å². The molecule has 2 heterocycles. The molecule has 1 amide bonds. The van der Waals surface area contributed by atoms with Crippen LogP contribution < -0.4 is 5.32 Å². The topological polar surface area (TPSA) is 45.2 Å². The lowest BCUT2D eigenvalue weighted by molar-refractivity contribution is 0.0831. The van der Waals surface area contributed by atoms with Gasteiger partial charge in [0.25, 0.3) is 5.91 Å². The van der Waals surface area contributed by atoms with Crippen molar-refractivity contribution in [1.82, 2.24) is 9.88 Å². The minimum Gasteiger partial charge on any atom is -0.357 e. The van der Waals surface area contributed by atoms with Gasteiger partial charge in [0.15, 0.2) is 5.13 Å². The summed E-state index contributed by atoms with van der Waals surface area (Å²) in [6.45, 7) is 8.00. The van der Waals surface area contributed by atoms with E-state index in [1.54, 1.807) is 23.1 Å². The number of hydrogen-bond acceptors (Lipinski definition) is 5. The number of hydrogen-bond donors (Lipinski definition) is 1. The first kappa shape index (κ1) is 21.7. The van der Waals surface area contributed by atoms with E-state index in [2.05, 4.69) is 55.3 Å². The van der Waals surface area contributed by atoms with Crippen LogP contribution >= 0.6 is 23.1 Å². The Morgan fingerprint density at radius 1 is 1.13 bits per heavy atom. The molecule has 0 atom stereocenters. The highest BCUT2D eigenvalue weighted by Gasteiger charge is 2.26. The van der Waals surface area contributed by atoms with Crippen molar-refractivity contribution in [3.8, 4) is 0 Å². The molecule has 0 radical (unpaired) electrons. The van der Waals surface area contributed by atoms with Crippen molar-refractivity contribution in [1.29, 1.82) is 0 Å². The maximum atomic E-state index is 13.1. The standard InChI is InChI=1S/C25H27N3OS2/c1-25(2,3)20-11-9-19(10-12-20)23(29)28-13-14-30-22(28)15-21-17-31-24(27-21)26-16-18-7-5-4-6-8-18/h4-12,15,17H,13-14,16H2,1-3H3,(H,26,27)/b22-15+. The summed E-state index contributed by atoms with van der Waals surface area (Å²) in [5.74, 6) is 0.954. The van der Waals surface area contributed by atoms with Crippen LogP contribution in [0.1, 0.15) is 48.0 Å². The highest BCUT2D eigenvalue weighted by atomic mass is 32.2. The van der Waals surface area contributed by atoms with Crippen molar-refractivity contribution < 1.29 is 4.79 Å². The lowest BCUT2D eigenvalue weighted by Gasteiger charge is -2.20. The molecule has 4 rings (SSSR count). The predicted octanol–water partition coefficient (Wildman–Crippen LogP) is 6.24. The summed E-state index contributed by atoms with van der Waals surface area (Å²) in [6.07, 6.45) is 2.02. The SMILES string of the molecule is CC(C)(C)c1ccc(C(=O)N2CCS/C2=C/c2csc(NCc3ccccc3)n2)cc1. The zero-order valence-electron chi connectivity index (χ0n) is 18.1. The molecular formula is C25H27N3OS2. The van der Waals surface area contributed by atoms with E-state index in [1.165, 1.54) is 11.1 Å². The summed E-state index contributed by atoms with van der Waals surface area (Å²) in [5, 5.41) is 7.25. The van der Waals surface area contributed by atoms with Gasteiger partial charge in [-0.05, 0) is 34.8 Å². The Bertz CT molecular complexity index is 1070. The van der Waals surface area contributed by atoms with Crippen LogP contribution in [0.2, 0.25) is 0 Å². The van der Waals surface area contributed by atoms with E-state index >= 15 is 0 Å². The summed E-state index contributed by atoms with van der Waals surface area (Å²) in [4.78, 5) is 19.7. The van der Waals surface area contributed by atoms with E-state index in [4.69, 9.17) is 0 Å². The Labute approximate surface area is 192 Å².